The van der Waals surface area contributed by atoms with Crippen molar-refractivity contribution < 1.29 is 14.4 Å². The molecule has 6 nitrogen and oxygen atoms in total. The number of hydrogen-bond donors (Lipinski definition) is 1. The van der Waals surface area contributed by atoms with Crippen LogP contribution in [0.15, 0.2) is 54.6 Å². The molecule has 0 aliphatic carbocycles. The SMILES string of the molecule is CC[C@]1(c2ccc(Cl)cc2)NC(=O)N(CC(=O)N(Cc2ccccc2)C(C)C)C1=O. The number of carbonyl (C=O) groups is 3. The van der Waals surface area contributed by atoms with Crippen molar-refractivity contribution >= 4 is 29.4 Å². The number of benzene rings is 2. The molecule has 1 heterocycles. The first-order valence-electron chi connectivity index (χ1n) is 10.0. The van der Waals surface area contributed by atoms with Crippen LogP contribution in [-0.4, -0.2) is 40.2 Å². The fourth-order valence-corrected chi connectivity index (χ4v) is 3.83. The Hall–Kier alpha value is -2.86. The number of rotatable bonds is 7. The Labute approximate surface area is 181 Å². The molecule has 0 saturated carbocycles. The molecule has 1 aliphatic heterocycles. The van der Waals surface area contributed by atoms with Crippen molar-refractivity contribution in [3.05, 3.63) is 70.7 Å². The predicted molar refractivity (Wildman–Crippen MR) is 116 cm³/mol. The number of urea groups is 1. The molecule has 3 rings (SSSR count). The summed E-state index contributed by atoms with van der Waals surface area (Å²) in [4.78, 5) is 41.7. The molecule has 0 aromatic heterocycles. The number of nitrogens with zero attached hydrogens (tertiary/aromatic N) is 2. The first-order chi connectivity index (χ1) is 14.3. The zero-order chi connectivity index (χ0) is 21.9. The van der Waals surface area contributed by atoms with Gasteiger partial charge in [-0.1, -0.05) is 61.0 Å². The fourth-order valence-electron chi connectivity index (χ4n) is 3.71. The van der Waals surface area contributed by atoms with Gasteiger partial charge in [-0.2, -0.15) is 0 Å². The van der Waals surface area contributed by atoms with E-state index in [-0.39, 0.29) is 18.5 Å². The van der Waals surface area contributed by atoms with Crippen LogP contribution in [-0.2, 0) is 21.7 Å². The molecule has 2 aromatic carbocycles. The number of carbonyl (C=O) groups excluding carboxylic acids is 3. The highest BCUT2D eigenvalue weighted by Crippen LogP contribution is 2.33. The van der Waals surface area contributed by atoms with Crippen LogP contribution in [0.3, 0.4) is 0 Å². The Morgan fingerprint density at radius 2 is 1.73 bits per heavy atom. The van der Waals surface area contributed by atoms with Gasteiger partial charge in [0.1, 0.15) is 12.1 Å². The number of nitrogens with one attached hydrogen (secondary N) is 1. The molecular formula is C23H26ClN3O3. The van der Waals surface area contributed by atoms with Gasteiger partial charge in [-0.15, -0.1) is 0 Å². The molecule has 0 spiro atoms. The maximum atomic E-state index is 13.3. The third-order valence-electron chi connectivity index (χ3n) is 5.48. The smallest absolute Gasteiger partial charge is 0.325 e. The van der Waals surface area contributed by atoms with Crippen molar-refractivity contribution in [3.63, 3.8) is 0 Å². The summed E-state index contributed by atoms with van der Waals surface area (Å²) < 4.78 is 0. The number of halogens is 1. The highest BCUT2D eigenvalue weighted by molar-refractivity contribution is 6.30. The number of hydrogen-bond acceptors (Lipinski definition) is 3. The van der Waals surface area contributed by atoms with Crippen LogP contribution in [0, 0.1) is 0 Å². The van der Waals surface area contributed by atoms with E-state index in [1.807, 2.05) is 51.1 Å². The van der Waals surface area contributed by atoms with Crippen LogP contribution in [0.5, 0.6) is 0 Å². The Bertz CT molecular complexity index is 930. The van der Waals surface area contributed by atoms with Gasteiger partial charge in [0.05, 0.1) is 0 Å². The fraction of sp³-hybridized carbons (Fsp3) is 0.348. The Balaban J connectivity index is 1.81. The average Bonchev–Trinajstić information content (AvgIpc) is 2.98. The zero-order valence-electron chi connectivity index (χ0n) is 17.4. The first-order valence-corrected chi connectivity index (χ1v) is 10.4. The Kier molecular flexibility index (Phi) is 6.46. The molecule has 1 saturated heterocycles. The predicted octanol–water partition coefficient (Wildman–Crippen LogP) is 3.93. The lowest BCUT2D eigenvalue weighted by Gasteiger charge is -2.29. The molecule has 0 radical (unpaired) electrons. The average molecular weight is 428 g/mol. The lowest BCUT2D eigenvalue weighted by molar-refractivity contribution is -0.140. The largest absolute Gasteiger partial charge is 0.334 e. The van der Waals surface area contributed by atoms with E-state index in [1.54, 1.807) is 29.2 Å². The summed E-state index contributed by atoms with van der Waals surface area (Å²) in [5, 5.41) is 3.34. The van der Waals surface area contributed by atoms with E-state index in [2.05, 4.69) is 5.32 Å². The molecular weight excluding hydrogens is 402 g/mol. The summed E-state index contributed by atoms with van der Waals surface area (Å²) >= 11 is 5.97. The Morgan fingerprint density at radius 3 is 2.30 bits per heavy atom. The summed E-state index contributed by atoms with van der Waals surface area (Å²) in [5.74, 6) is -0.700. The highest BCUT2D eigenvalue weighted by Gasteiger charge is 2.51. The molecule has 1 aliphatic rings. The third kappa shape index (κ3) is 4.19. The van der Waals surface area contributed by atoms with Crippen molar-refractivity contribution in [1.29, 1.82) is 0 Å². The van der Waals surface area contributed by atoms with Gasteiger partial charge in [0.2, 0.25) is 5.91 Å². The summed E-state index contributed by atoms with van der Waals surface area (Å²) in [7, 11) is 0. The van der Waals surface area contributed by atoms with E-state index in [0.29, 0.717) is 23.6 Å². The minimum absolute atomic E-state index is 0.0781. The van der Waals surface area contributed by atoms with Gasteiger partial charge >= 0.3 is 6.03 Å². The first kappa shape index (κ1) is 21.8. The van der Waals surface area contributed by atoms with Crippen LogP contribution >= 0.6 is 11.6 Å². The topological polar surface area (TPSA) is 69.7 Å². The second kappa shape index (κ2) is 8.88. The van der Waals surface area contributed by atoms with Crippen molar-refractivity contribution in [1.82, 2.24) is 15.1 Å². The van der Waals surface area contributed by atoms with Crippen LogP contribution in [0.1, 0.15) is 38.3 Å². The monoisotopic (exact) mass is 427 g/mol. The minimum atomic E-state index is -1.19. The standard InChI is InChI=1S/C23H26ClN3O3/c1-4-23(18-10-12-19(24)13-11-18)21(29)27(22(30)25-23)15-20(28)26(16(2)3)14-17-8-6-5-7-9-17/h5-13,16H,4,14-15H2,1-3H3,(H,25,30)/t23-/m1/s1. The van der Waals surface area contributed by atoms with E-state index in [1.165, 1.54) is 0 Å². The normalized spacial score (nSPS) is 18.6. The third-order valence-corrected chi connectivity index (χ3v) is 5.73. The Morgan fingerprint density at radius 1 is 1.10 bits per heavy atom. The summed E-state index contributed by atoms with van der Waals surface area (Å²) in [6.07, 6.45) is 0.363. The van der Waals surface area contributed by atoms with E-state index in [4.69, 9.17) is 11.6 Å². The summed E-state index contributed by atoms with van der Waals surface area (Å²) in [5.41, 5.74) is 0.442. The lowest BCUT2D eigenvalue weighted by Crippen LogP contribution is -2.46. The van der Waals surface area contributed by atoms with Crippen molar-refractivity contribution in [2.75, 3.05) is 6.54 Å². The van der Waals surface area contributed by atoms with E-state index in [9.17, 15) is 14.4 Å². The maximum absolute atomic E-state index is 13.3. The van der Waals surface area contributed by atoms with Crippen LogP contribution in [0.25, 0.3) is 0 Å². The lowest BCUT2D eigenvalue weighted by atomic mass is 9.87. The van der Waals surface area contributed by atoms with Crippen LogP contribution < -0.4 is 5.32 Å². The molecule has 30 heavy (non-hydrogen) atoms. The minimum Gasteiger partial charge on any atom is -0.334 e. The summed E-state index contributed by atoms with van der Waals surface area (Å²) in [6, 6.07) is 15.8. The molecule has 4 amide bonds. The van der Waals surface area contributed by atoms with Crippen LogP contribution in [0.4, 0.5) is 4.79 Å². The molecule has 1 fully saturated rings. The molecule has 158 valence electrons. The van der Waals surface area contributed by atoms with Gasteiger partial charge < -0.3 is 10.2 Å². The highest BCUT2D eigenvalue weighted by atomic mass is 35.5. The van der Waals surface area contributed by atoms with Gasteiger partial charge in [-0.25, -0.2) is 4.79 Å². The van der Waals surface area contributed by atoms with Crippen molar-refractivity contribution in [3.8, 4) is 0 Å². The molecule has 2 aromatic rings. The van der Waals surface area contributed by atoms with Gasteiger partial charge in [-0.05, 0) is 43.5 Å². The second-order valence-electron chi connectivity index (χ2n) is 7.69. The van der Waals surface area contributed by atoms with E-state index >= 15 is 0 Å². The van der Waals surface area contributed by atoms with Gasteiger partial charge in [0.25, 0.3) is 5.91 Å². The van der Waals surface area contributed by atoms with E-state index < -0.39 is 17.5 Å². The molecule has 0 unspecified atom stereocenters. The molecule has 1 atom stereocenters. The molecule has 0 bridgehead atoms. The van der Waals surface area contributed by atoms with Crippen LogP contribution in [0.2, 0.25) is 5.02 Å². The summed E-state index contributed by atoms with van der Waals surface area (Å²) in [6.45, 7) is 5.77. The molecule has 1 N–H and O–H groups in total. The van der Waals surface area contributed by atoms with Crippen molar-refractivity contribution in [2.24, 2.45) is 0 Å². The maximum Gasteiger partial charge on any atom is 0.325 e. The molecule has 7 heteroatoms. The number of imide groups is 1. The number of amides is 4. The van der Waals surface area contributed by atoms with Gasteiger partial charge in [0, 0.05) is 17.6 Å². The van der Waals surface area contributed by atoms with Gasteiger partial charge in [-0.3, -0.25) is 14.5 Å². The second-order valence-corrected chi connectivity index (χ2v) is 8.12. The van der Waals surface area contributed by atoms with E-state index in [0.717, 1.165) is 10.5 Å². The van der Waals surface area contributed by atoms with Crippen molar-refractivity contribution in [2.45, 2.75) is 45.3 Å². The van der Waals surface area contributed by atoms with Gasteiger partial charge in [0.15, 0.2) is 0 Å². The zero-order valence-corrected chi connectivity index (χ0v) is 18.1. The quantitative estimate of drug-likeness (QED) is 0.680.